The summed E-state index contributed by atoms with van der Waals surface area (Å²) >= 11 is 0. The Morgan fingerprint density at radius 2 is 0.565 bits per heavy atom. The molecule has 0 radical (unpaired) electrons. The Bertz CT molecular complexity index is 2200. The summed E-state index contributed by atoms with van der Waals surface area (Å²) in [6.45, 7) is 0. The molecule has 2 nitrogen and oxygen atoms in total. The van der Waals surface area contributed by atoms with Crippen molar-refractivity contribution in [3.8, 4) is 0 Å². The van der Waals surface area contributed by atoms with Crippen molar-refractivity contribution in [1.82, 2.24) is 0 Å². The van der Waals surface area contributed by atoms with Crippen LogP contribution in [0.2, 0.25) is 0 Å². The minimum absolute atomic E-state index is 1.14. The Labute approximate surface area is 268 Å². The Balaban J connectivity index is 1.34. The zero-order chi connectivity index (χ0) is 30.5. The van der Waals surface area contributed by atoms with Crippen LogP contribution in [0.5, 0.6) is 0 Å². The minimum atomic E-state index is 1.14. The van der Waals surface area contributed by atoms with E-state index in [4.69, 9.17) is 0 Å². The average Bonchev–Trinajstić information content (AvgIpc) is 3.12. The maximum absolute atomic E-state index is 2.39. The highest BCUT2D eigenvalue weighted by Gasteiger charge is 2.20. The quantitative estimate of drug-likeness (QED) is 0.141. The van der Waals surface area contributed by atoms with E-state index in [0.29, 0.717) is 0 Å². The van der Waals surface area contributed by atoms with Gasteiger partial charge in [0.1, 0.15) is 0 Å². The molecule has 0 spiro atoms. The minimum Gasteiger partial charge on any atom is -0.310 e. The molecule has 0 fully saturated rings. The Morgan fingerprint density at radius 3 is 0.891 bits per heavy atom. The molecule has 0 atom stereocenters. The molecule has 0 aromatic heterocycles. The van der Waals surface area contributed by atoms with Crippen LogP contribution in [0.25, 0.3) is 43.1 Å². The van der Waals surface area contributed by atoms with Crippen molar-refractivity contribution in [2.75, 3.05) is 9.80 Å². The monoisotopic (exact) mass is 586 g/mol. The lowest BCUT2D eigenvalue weighted by Gasteiger charge is -2.28. The van der Waals surface area contributed by atoms with Gasteiger partial charge in [0.2, 0.25) is 0 Å². The molecule has 9 rings (SSSR count). The normalized spacial score (nSPS) is 11.5. The standard InChI is InChI=1S/C44H30N2/c1-5-17-33(18-6-1)45(34-19-7-2-8-20-34)37-27-31-15-13-26-40-42-30-38(28-32-16-14-25-39(44(32)42)41(29-37)43(31)40)46(35-21-9-3-10-22-35)36-23-11-4-12-24-36/h1-30H. The fourth-order valence-corrected chi connectivity index (χ4v) is 7.16. The molecule has 0 aliphatic heterocycles. The molecule has 0 saturated heterocycles. The third-order valence-electron chi connectivity index (χ3n) is 9.08. The maximum Gasteiger partial charge on any atom is 0.0474 e. The maximum atomic E-state index is 2.39. The molecule has 216 valence electrons. The number of fused-ring (bicyclic) bond motifs is 2. The van der Waals surface area contributed by atoms with Crippen LogP contribution in [0.15, 0.2) is 182 Å². The smallest absolute Gasteiger partial charge is 0.0474 e. The summed E-state index contributed by atoms with van der Waals surface area (Å²) in [6.07, 6.45) is 0. The van der Waals surface area contributed by atoms with Crippen molar-refractivity contribution in [3.63, 3.8) is 0 Å². The highest BCUT2D eigenvalue weighted by molar-refractivity contribution is 6.34. The van der Waals surface area contributed by atoms with E-state index in [-0.39, 0.29) is 0 Å². The first-order valence-corrected chi connectivity index (χ1v) is 15.8. The van der Waals surface area contributed by atoms with Crippen molar-refractivity contribution in [2.45, 2.75) is 0 Å². The topological polar surface area (TPSA) is 6.48 Å². The van der Waals surface area contributed by atoms with Crippen molar-refractivity contribution in [1.29, 1.82) is 0 Å². The predicted molar refractivity (Wildman–Crippen MR) is 197 cm³/mol. The van der Waals surface area contributed by atoms with Gasteiger partial charge in [0.15, 0.2) is 0 Å². The van der Waals surface area contributed by atoms with Gasteiger partial charge in [-0.1, -0.05) is 109 Å². The number of hydrogen-bond donors (Lipinski definition) is 0. The zero-order valence-electron chi connectivity index (χ0n) is 25.2. The van der Waals surface area contributed by atoms with E-state index in [2.05, 4.69) is 192 Å². The molecule has 0 bridgehead atoms. The van der Waals surface area contributed by atoms with E-state index in [1.54, 1.807) is 0 Å². The first kappa shape index (κ1) is 26.3. The Hall–Kier alpha value is -6.12. The van der Waals surface area contributed by atoms with Crippen LogP contribution < -0.4 is 9.80 Å². The van der Waals surface area contributed by atoms with Crippen LogP contribution in [0.1, 0.15) is 0 Å². The van der Waals surface area contributed by atoms with Gasteiger partial charge in [0.05, 0.1) is 0 Å². The molecular formula is C44H30N2. The number of anilines is 6. The van der Waals surface area contributed by atoms with Crippen LogP contribution in [0.4, 0.5) is 34.1 Å². The van der Waals surface area contributed by atoms with Gasteiger partial charge in [-0.15, -0.1) is 0 Å². The third kappa shape index (κ3) is 4.27. The summed E-state index contributed by atoms with van der Waals surface area (Å²) in [6, 6.07) is 65.6. The van der Waals surface area contributed by atoms with Gasteiger partial charge in [-0.3, -0.25) is 0 Å². The number of benzene rings is 9. The summed E-state index contributed by atoms with van der Waals surface area (Å²) in [7, 11) is 0. The van der Waals surface area contributed by atoms with Crippen LogP contribution in [0, 0.1) is 0 Å². The summed E-state index contributed by atoms with van der Waals surface area (Å²) < 4.78 is 0. The lowest BCUT2D eigenvalue weighted by atomic mass is 9.89. The summed E-state index contributed by atoms with van der Waals surface area (Å²) in [5.74, 6) is 0. The molecule has 0 aliphatic rings. The summed E-state index contributed by atoms with van der Waals surface area (Å²) in [4.78, 5) is 4.72. The van der Waals surface area contributed by atoms with Gasteiger partial charge in [-0.2, -0.15) is 0 Å². The van der Waals surface area contributed by atoms with E-state index in [1.807, 2.05) is 0 Å². The predicted octanol–water partition coefficient (Wildman–Crippen LogP) is 12.7. The van der Waals surface area contributed by atoms with Crippen molar-refractivity contribution < 1.29 is 0 Å². The fraction of sp³-hybridized carbons (Fsp3) is 0. The average molecular weight is 587 g/mol. The van der Waals surface area contributed by atoms with Gasteiger partial charge in [0, 0.05) is 34.1 Å². The van der Waals surface area contributed by atoms with E-state index < -0.39 is 0 Å². The highest BCUT2D eigenvalue weighted by Crippen LogP contribution is 2.46. The Morgan fingerprint density at radius 1 is 0.239 bits per heavy atom. The molecule has 0 unspecified atom stereocenters. The first-order valence-electron chi connectivity index (χ1n) is 15.8. The van der Waals surface area contributed by atoms with Crippen molar-refractivity contribution in [2.24, 2.45) is 0 Å². The van der Waals surface area contributed by atoms with Gasteiger partial charge >= 0.3 is 0 Å². The van der Waals surface area contributed by atoms with Crippen molar-refractivity contribution in [3.05, 3.63) is 182 Å². The molecule has 46 heavy (non-hydrogen) atoms. The van der Waals surface area contributed by atoms with E-state index in [1.165, 1.54) is 43.1 Å². The molecule has 2 heteroatoms. The molecule has 0 saturated carbocycles. The van der Waals surface area contributed by atoms with Gasteiger partial charge in [0.25, 0.3) is 0 Å². The Kier molecular flexibility index (Phi) is 6.17. The lowest BCUT2D eigenvalue weighted by molar-refractivity contribution is 1.29. The largest absolute Gasteiger partial charge is 0.310 e. The van der Waals surface area contributed by atoms with Crippen LogP contribution >= 0.6 is 0 Å². The molecule has 9 aromatic rings. The molecule has 0 amide bonds. The number of rotatable bonds is 6. The SMILES string of the molecule is c1ccc(N(c2ccccc2)c2cc3cccc4c5cc(N(c6ccccc6)c6ccccc6)cc6cccc(c(c2)c34)c65)cc1. The van der Waals surface area contributed by atoms with Crippen LogP contribution in [0.3, 0.4) is 0 Å². The molecule has 0 aliphatic carbocycles. The van der Waals surface area contributed by atoms with E-state index in [9.17, 15) is 0 Å². The first-order chi connectivity index (χ1) is 22.8. The fourth-order valence-electron chi connectivity index (χ4n) is 7.16. The zero-order valence-corrected chi connectivity index (χ0v) is 25.2. The second-order valence-corrected chi connectivity index (χ2v) is 11.8. The van der Waals surface area contributed by atoms with Gasteiger partial charge < -0.3 is 9.80 Å². The summed E-state index contributed by atoms with van der Waals surface area (Å²) in [5, 5.41) is 10.2. The van der Waals surface area contributed by atoms with Gasteiger partial charge in [-0.25, -0.2) is 0 Å². The van der Waals surface area contributed by atoms with E-state index in [0.717, 1.165) is 34.1 Å². The number of hydrogen-bond acceptors (Lipinski definition) is 2. The van der Waals surface area contributed by atoms with Gasteiger partial charge in [-0.05, 0) is 116 Å². The molecule has 0 heterocycles. The molecule has 9 aromatic carbocycles. The second-order valence-electron chi connectivity index (χ2n) is 11.8. The third-order valence-corrected chi connectivity index (χ3v) is 9.08. The summed E-state index contributed by atoms with van der Waals surface area (Å²) in [5.41, 5.74) is 6.84. The number of nitrogens with zero attached hydrogens (tertiary/aromatic N) is 2. The molecule has 0 N–H and O–H groups in total. The van der Waals surface area contributed by atoms with E-state index >= 15 is 0 Å². The van der Waals surface area contributed by atoms with Crippen LogP contribution in [-0.2, 0) is 0 Å². The van der Waals surface area contributed by atoms with Crippen LogP contribution in [-0.4, -0.2) is 0 Å². The number of para-hydroxylation sites is 4. The second kappa shape index (κ2) is 10.8. The lowest BCUT2D eigenvalue weighted by Crippen LogP contribution is -2.10. The molecular weight excluding hydrogens is 556 g/mol. The highest BCUT2D eigenvalue weighted by atomic mass is 15.1. The van der Waals surface area contributed by atoms with Crippen molar-refractivity contribution >= 4 is 77.2 Å².